The Bertz CT molecular complexity index is 444. The van der Waals surface area contributed by atoms with E-state index in [0.29, 0.717) is 15.8 Å². The van der Waals surface area contributed by atoms with Crippen LogP contribution in [0.5, 0.6) is 11.5 Å². The quantitative estimate of drug-likeness (QED) is 0.888. The van der Waals surface area contributed by atoms with Gasteiger partial charge in [-0.1, -0.05) is 0 Å². The molecule has 94 valence electrons. The van der Waals surface area contributed by atoms with Crippen molar-refractivity contribution in [1.29, 1.82) is 0 Å². The molecular formula is C11H13BrO5. The molecule has 0 aliphatic carbocycles. The van der Waals surface area contributed by atoms with E-state index in [1.807, 2.05) is 0 Å². The first-order valence-electron chi connectivity index (χ1n) is 4.75. The molecule has 1 rings (SSSR count). The Hall–Kier alpha value is -1.27. The zero-order valence-corrected chi connectivity index (χ0v) is 11.2. The molecule has 0 spiro atoms. The van der Waals surface area contributed by atoms with Crippen LogP contribution in [-0.4, -0.2) is 30.4 Å². The van der Waals surface area contributed by atoms with Crippen LogP contribution in [0.15, 0.2) is 10.5 Å². The molecule has 17 heavy (non-hydrogen) atoms. The lowest BCUT2D eigenvalue weighted by Gasteiger charge is -2.17. The molecule has 5 nitrogen and oxygen atoms in total. The number of methoxy groups -OCH3 is 2. The van der Waals surface area contributed by atoms with Crippen LogP contribution in [0, 0.1) is 6.92 Å². The number of carboxylic acid groups (broad SMARTS) is 1. The van der Waals surface area contributed by atoms with E-state index in [9.17, 15) is 9.90 Å². The standard InChI is InChI=1S/C11H13BrO5/c1-5-4-6(8(13)11(14)15)10(17-3)7(12)9(5)16-2/h4,8,13H,1-3H3,(H,14,15). The number of aliphatic carboxylic acids is 1. The summed E-state index contributed by atoms with van der Waals surface area (Å²) in [5.74, 6) is -0.537. The summed E-state index contributed by atoms with van der Waals surface area (Å²) in [6.07, 6.45) is -1.63. The summed E-state index contributed by atoms with van der Waals surface area (Å²) in [5, 5.41) is 18.4. The van der Waals surface area contributed by atoms with Crippen molar-refractivity contribution in [3.63, 3.8) is 0 Å². The van der Waals surface area contributed by atoms with Gasteiger partial charge in [-0.2, -0.15) is 0 Å². The van der Waals surface area contributed by atoms with E-state index in [2.05, 4.69) is 15.9 Å². The van der Waals surface area contributed by atoms with E-state index < -0.39 is 12.1 Å². The van der Waals surface area contributed by atoms with E-state index in [1.165, 1.54) is 20.3 Å². The number of aliphatic hydroxyl groups excluding tert-OH is 1. The van der Waals surface area contributed by atoms with Gasteiger partial charge in [0.2, 0.25) is 0 Å². The van der Waals surface area contributed by atoms with Gasteiger partial charge < -0.3 is 19.7 Å². The number of ether oxygens (including phenoxy) is 2. The molecule has 0 radical (unpaired) electrons. The smallest absolute Gasteiger partial charge is 0.337 e. The highest BCUT2D eigenvalue weighted by Gasteiger charge is 2.25. The largest absolute Gasteiger partial charge is 0.495 e. The molecule has 0 aromatic heterocycles. The Morgan fingerprint density at radius 1 is 1.35 bits per heavy atom. The summed E-state index contributed by atoms with van der Waals surface area (Å²) in [7, 11) is 2.90. The summed E-state index contributed by atoms with van der Waals surface area (Å²) in [6, 6.07) is 1.53. The fourth-order valence-electron chi connectivity index (χ4n) is 1.56. The third-order valence-corrected chi connectivity index (χ3v) is 3.05. The number of aryl methyl sites for hydroxylation is 1. The van der Waals surface area contributed by atoms with Gasteiger partial charge in [0.05, 0.1) is 14.2 Å². The molecule has 0 bridgehead atoms. The van der Waals surface area contributed by atoms with E-state index in [4.69, 9.17) is 14.6 Å². The predicted molar refractivity (Wildman–Crippen MR) is 64.6 cm³/mol. The van der Waals surface area contributed by atoms with Crippen molar-refractivity contribution in [3.8, 4) is 11.5 Å². The molecule has 0 aliphatic heterocycles. The van der Waals surface area contributed by atoms with Crippen molar-refractivity contribution in [1.82, 2.24) is 0 Å². The molecule has 6 heteroatoms. The Morgan fingerprint density at radius 2 is 1.88 bits per heavy atom. The van der Waals surface area contributed by atoms with Crippen LogP contribution < -0.4 is 9.47 Å². The fraction of sp³-hybridized carbons (Fsp3) is 0.364. The second kappa shape index (κ2) is 5.37. The Balaban J connectivity index is 3.46. The van der Waals surface area contributed by atoms with Crippen molar-refractivity contribution in [2.45, 2.75) is 13.0 Å². The van der Waals surface area contributed by atoms with Crippen molar-refractivity contribution >= 4 is 21.9 Å². The number of hydrogen-bond acceptors (Lipinski definition) is 4. The van der Waals surface area contributed by atoms with Crippen molar-refractivity contribution in [2.24, 2.45) is 0 Å². The summed E-state index contributed by atoms with van der Waals surface area (Å²) < 4.78 is 10.7. The summed E-state index contributed by atoms with van der Waals surface area (Å²) >= 11 is 3.27. The minimum absolute atomic E-state index is 0.185. The maximum absolute atomic E-state index is 10.8. The van der Waals surface area contributed by atoms with Crippen LogP contribution >= 0.6 is 15.9 Å². The van der Waals surface area contributed by atoms with E-state index >= 15 is 0 Å². The van der Waals surface area contributed by atoms with Gasteiger partial charge in [0.15, 0.2) is 6.10 Å². The lowest BCUT2D eigenvalue weighted by Crippen LogP contribution is -2.12. The predicted octanol–water partition coefficient (Wildman–Crippen LogP) is 1.89. The highest BCUT2D eigenvalue weighted by atomic mass is 79.9. The van der Waals surface area contributed by atoms with E-state index in [0.717, 1.165) is 0 Å². The molecule has 0 aliphatic rings. The summed E-state index contributed by atoms with van der Waals surface area (Å²) in [6.45, 7) is 1.75. The number of benzene rings is 1. The van der Waals surface area contributed by atoms with Crippen LogP contribution in [-0.2, 0) is 4.79 Å². The zero-order chi connectivity index (χ0) is 13.2. The number of halogens is 1. The minimum Gasteiger partial charge on any atom is -0.495 e. The molecule has 1 aromatic rings. The van der Waals surface area contributed by atoms with Crippen molar-refractivity contribution < 1.29 is 24.5 Å². The third-order valence-electron chi connectivity index (χ3n) is 2.33. The number of rotatable bonds is 4. The van der Waals surface area contributed by atoms with E-state index in [1.54, 1.807) is 6.92 Å². The average Bonchev–Trinajstić information content (AvgIpc) is 2.27. The molecule has 1 aromatic carbocycles. The molecule has 0 fully saturated rings. The summed E-state index contributed by atoms with van der Waals surface area (Å²) in [4.78, 5) is 10.8. The van der Waals surface area contributed by atoms with E-state index in [-0.39, 0.29) is 11.3 Å². The number of aliphatic hydroxyl groups is 1. The number of carboxylic acids is 1. The molecule has 0 saturated heterocycles. The molecule has 1 unspecified atom stereocenters. The molecule has 1 atom stereocenters. The average molecular weight is 305 g/mol. The topological polar surface area (TPSA) is 76.0 Å². The van der Waals surface area contributed by atoms with Gasteiger partial charge in [-0.05, 0) is 34.5 Å². The van der Waals surface area contributed by atoms with Crippen molar-refractivity contribution in [2.75, 3.05) is 14.2 Å². The lowest BCUT2D eigenvalue weighted by molar-refractivity contribution is -0.147. The SMILES string of the molecule is COc1c(C)cc(C(O)C(=O)O)c(OC)c1Br. The Morgan fingerprint density at radius 3 is 2.29 bits per heavy atom. The van der Waals surface area contributed by atoms with Gasteiger partial charge in [-0.15, -0.1) is 0 Å². The molecular weight excluding hydrogens is 292 g/mol. The van der Waals surface area contributed by atoms with Crippen LogP contribution in [0.3, 0.4) is 0 Å². The Labute approximate surface area is 107 Å². The van der Waals surface area contributed by atoms with Crippen molar-refractivity contribution in [3.05, 3.63) is 21.7 Å². The summed E-state index contributed by atoms with van der Waals surface area (Å²) in [5.41, 5.74) is 0.889. The normalized spacial score (nSPS) is 12.1. The highest BCUT2D eigenvalue weighted by molar-refractivity contribution is 9.10. The number of carbonyl (C=O) groups is 1. The molecule has 0 amide bonds. The highest BCUT2D eigenvalue weighted by Crippen LogP contribution is 2.42. The van der Waals surface area contributed by atoms with Gasteiger partial charge in [0.25, 0.3) is 0 Å². The Kier molecular flexibility index (Phi) is 4.36. The lowest BCUT2D eigenvalue weighted by atomic mass is 10.0. The third kappa shape index (κ3) is 2.53. The fourth-order valence-corrected chi connectivity index (χ4v) is 2.43. The van der Waals surface area contributed by atoms with Gasteiger partial charge in [-0.3, -0.25) is 0 Å². The van der Waals surface area contributed by atoms with Crippen LogP contribution in [0.4, 0.5) is 0 Å². The van der Waals surface area contributed by atoms with Gasteiger partial charge in [0, 0.05) is 5.56 Å². The second-order valence-electron chi connectivity index (χ2n) is 3.40. The molecule has 0 saturated carbocycles. The monoisotopic (exact) mass is 304 g/mol. The second-order valence-corrected chi connectivity index (χ2v) is 4.20. The first-order valence-corrected chi connectivity index (χ1v) is 5.55. The van der Waals surface area contributed by atoms with Gasteiger partial charge >= 0.3 is 5.97 Å². The number of hydrogen-bond donors (Lipinski definition) is 2. The molecule has 2 N–H and O–H groups in total. The molecule has 0 heterocycles. The van der Waals surface area contributed by atoms with Crippen LogP contribution in [0.2, 0.25) is 0 Å². The maximum atomic E-state index is 10.8. The first-order chi connectivity index (χ1) is 7.93. The first kappa shape index (κ1) is 13.8. The van der Waals surface area contributed by atoms with Crippen LogP contribution in [0.25, 0.3) is 0 Å². The van der Waals surface area contributed by atoms with Gasteiger partial charge in [-0.25, -0.2) is 4.79 Å². The maximum Gasteiger partial charge on any atom is 0.337 e. The zero-order valence-electron chi connectivity index (χ0n) is 9.65. The van der Waals surface area contributed by atoms with Crippen LogP contribution in [0.1, 0.15) is 17.2 Å². The van der Waals surface area contributed by atoms with Gasteiger partial charge in [0.1, 0.15) is 16.0 Å². The minimum atomic E-state index is -1.63.